The van der Waals surface area contributed by atoms with Crippen LogP contribution in [0.4, 0.5) is 4.79 Å². The maximum atomic E-state index is 11.7. The third-order valence-corrected chi connectivity index (χ3v) is 2.96. The van der Waals surface area contributed by atoms with Gasteiger partial charge in [0.05, 0.1) is 12.2 Å². The molecule has 0 aliphatic carbocycles. The van der Waals surface area contributed by atoms with Gasteiger partial charge in [0.1, 0.15) is 11.9 Å². The zero-order valence-electron chi connectivity index (χ0n) is 11.7. The third kappa shape index (κ3) is 5.04. The summed E-state index contributed by atoms with van der Waals surface area (Å²) in [7, 11) is 0. The highest BCUT2D eigenvalue weighted by Gasteiger charge is 2.26. The van der Waals surface area contributed by atoms with Crippen LogP contribution in [0.1, 0.15) is 33.6 Å². The van der Waals surface area contributed by atoms with Crippen LogP contribution in [0.2, 0.25) is 0 Å². The normalized spacial score (nSPS) is 18.3. The average molecular weight is 273 g/mol. The van der Waals surface area contributed by atoms with E-state index >= 15 is 0 Å². The minimum Gasteiger partial charge on any atom is -0.447 e. The van der Waals surface area contributed by atoms with Gasteiger partial charge in [-0.05, 0) is 33.6 Å². The van der Waals surface area contributed by atoms with Gasteiger partial charge in [0.15, 0.2) is 0 Å². The predicted octanol–water partition coefficient (Wildman–Crippen LogP) is 1.36. The Hall–Kier alpha value is -1.34. The number of amides is 1. The fourth-order valence-corrected chi connectivity index (χ4v) is 1.90. The van der Waals surface area contributed by atoms with E-state index in [9.17, 15) is 4.79 Å². The molecule has 7 nitrogen and oxygen atoms in total. The Morgan fingerprint density at radius 1 is 1.37 bits per heavy atom. The molecular formula is C12H23N3O4. The lowest BCUT2D eigenvalue weighted by molar-refractivity contribution is -0.0147. The van der Waals surface area contributed by atoms with Crippen LogP contribution in [0.3, 0.4) is 0 Å². The lowest BCUT2D eigenvalue weighted by atomic mass is 10.1. The summed E-state index contributed by atoms with van der Waals surface area (Å²) in [6.45, 7) is 6.52. The van der Waals surface area contributed by atoms with Gasteiger partial charge in [-0.1, -0.05) is 0 Å². The van der Waals surface area contributed by atoms with Crippen LogP contribution < -0.4 is 5.48 Å². The SMILES string of the molecule is CC(C)OC(=O)N1CCC(O[C@H](C)C(=N)NO)CC1. The van der Waals surface area contributed by atoms with Gasteiger partial charge in [0, 0.05) is 13.1 Å². The molecule has 3 N–H and O–H groups in total. The third-order valence-electron chi connectivity index (χ3n) is 2.96. The second-order valence-electron chi connectivity index (χ2n) is 4.92. The number of nitrogens with one attached hydrogen (secondary N) is 2. The molecule has 1 heterocycles. The molecule has 1 saturated heterocycles. The van der Waals surface area contributed by atoms with Gasteiger partial charge >= 0.3 is 6.09 Å². The van der Waals surface area contributed by atoms with Gasteiger partial charge in [-0.2, -0.15) is 0 Å². The summed E-state index contributed by atoms with van der Waals surface area (Å²) in [5.74, 6) is -0.0679. The Morgan fingerprint density at radius 3 is 2.42 bits per heavy atom. The van der Waals surface area contributed by atoms with Crippen molar-refractivity contribution in [2.45, 2.75) is 51.9 Å². The molecule has 0 bridgehead atoms. The van der Waals surface area contributed by atoms with Crippen LogP contribution >= 0.6 is 0 Å². The molecule has 0 radical (unpaired) electrons. The molecule has 1 aliphatic heterocycles. The number of ether oxygens (including phenoxy) is 2. The van der Waals surface area contributed by atoms with Crippen LogP contribution in [0.15, 0.2) is 0 Å². The largest absolute Gasteiger partial charge is 0.447 e. The van der Waals surface area contributed by atoms with Crippen LogP contribution in [-0.4, -0.2) is 53.4 Å². The van der Waals surface area contributed by atoms with Gasteiger partial charge in [0.25, 0.3) is 0 Å². The molecule has 0 aromatic heterocycles. The molecule has 7 heteroatoms. The van der Waals surface area contributed by atoms with E-state index in [4.69, 9.17) is 20.1 Å². The van der Waals surface area contributed by atoms with Crippen molar-refractivity contribution in [2.24, 2.45) is 0 Å². The summed E-state index contributed by atoms with van der Waals surface area (Å²) < 4.78 is 10.8. The van der Waals surface area contributed by atoms with Crippen molar-refractivity contribution in [1.29, 1.82) is 5.41 Å². The molecule has 1 amide bonds. The quantitative estimate of drug-likeness (QED) is 0.408. The highest BCUT2D eigenvalue weighted by Crippen LogP contribution is 2.16. The first-order valence-electron chi connectivity index (χ1n) is 6.53. The van der Waals surface area contributed by atoms with Gasteiger partial charge < -0.3 is 14.4 Å². The zero-order chi connectivity index (χ0) is 14.4. The minimum atomic E-state index is -0.482. The van der Waals surface area contributed by atoms with Gasteiger partial charge in [-0.3, -0.25) is 16.1 Å². The molecule has 1 aliphatic rings. The minimum absolute atomic E-state index is 0.00759. The van der Waals surface area contributed by atoms with Gasteiger partial charge in [-0.25, -0.2) is 4.79 Å². The highest BCUT2D eigenvalue weighted by molar-refractivity contribution is 5.81. The van der Waals surface area contributed by atoms with Gasteiger partial charge in [-0.15, -0.1) is 0 Å². The summed E-state index contributed by atoms with van der Waals surface area (Å²) >= 11 is 0. The fourth-order valence-electron chi connectivity index (χ4n) is 1.90. The molecule has 1 rings (SSSR count). The maximum absolute atomic E-state index is 11.7. The number of hydrogen-bond donors (Lipinski definition) is 3. The molecule has 1 atom stereocenters. The van der Waals surface area contributed by atoms with E-state index in [1.807, 2.05) is 13.8 Å². The Morgan fingerprint density at radius 2 is 1.95 bits per heavy atom. The predicted molar refractivity (Wildman–Crippen MR) is 69.4 cm³/mol. The van der Waals surface area contributed by atoms with Crippen molar-refractivity contribution in [3.05, 3.63) is 0 Å². The Labute approximate surface area is 113 Å². The van der Waals surface area contributed by atoms with Crippen molar-refractivity contribution in [3.63, 3.8) is 0 Å². The van der Waals surface area contributed by atoms with Crippen molar-refractivity contribution >= 4 is 11.9 Å². The van der Waals surface area contributed by atoms with E-state index in [-0.39, 0.29) is 24.1 Å². The number of likely N-dealkylation sites (tertiary alicyclic amines) is 1. The van der Waals surface area contributed by atoms with E-state index in [0.29, 0.717) is 25.9 Å². The topological polar surface area (TPSA) is 94.9 Å². The zero-order valence-corrected chi connectivity index (χ0v) is 11.7. The average Bonchev–Trinajstić information content (AvgIpc) is 2.37. The number of nitrogens with zero attached hydrogens (tertiary/aromatic N) is 1. The van der Waals surface area contributed by atoms with Gasteiger partial charge in [0.2, 0.25) is 0 Å². The van der Waals surface area contributed by atoms with Crippen LogP contribution in [0.25, 0.3) is 0 Å². The van der Waals surface area contributed by atoms with E-state index in [0.717, 1.165) is 0 Å². The second kappa shape index (κ2) is 7.30. The second-order valence-corrected chi connectivity index (χ2v) is 4.92. The smallest absolute Gasteiger partial charge is 0.410 e. The summed E-state index contributed by atoms with van der Waals surface area (Å²) in [4.78, 5) is 13.3. The molecule has 110 valence electrons. The molecule has 19 heavy (non-hydrogen) atoms. The number of carbonyl (C=O) groups is 1. The number of carbonyl (C=O) groups excluding carboxylic acids is 1. The summed E-state index contributed by atoms with van der Waals surface area (Å²) in [6, 6.07) is 0. The first kappa shape index (κ1) is 15.7. The lowest BCUT2D eigenvalue weighted by Gasteiger charge is -2.33. The van der Waals surface area contributed by atoms with E-state index in [1.54, 1.807) is 17.3 Å². The summed E-state index contributed by atoms with van der Waals surface area (Å²) in [6.07, 6.45) is 0.520. The fraction of sp³-hybridized carbons (Fsp3) is 0.833. The number of amidine groups is 1. The Kier molecular flexibility index (Phi) is 6.04. The molecular weight excluding hydrogens is 250 g/mol. The Balaban J connectivity index is 2.33. The monoisotopic (exact) mass is 273 g/mol. The van der Waals surface area contributed by atoms with Crippen LogP contribution in [-0.2, 0) is 9.47 Å². The van der Waals surface area contributed by atoms with E-state index in [2.05, 4.69) is 0 Å². The van der Waals surface area contributed by atoms with Crippen LogP contribution in [0.5, 0.6) is 0 Å². The standard InChI is InChI=1S/C12H23N3O4/c1-8(2)18-12(16)15-6-4-10(5-7-15)19-9(3)11(13)14-17/h8-10,17H,4-7H2,1-3H3,(H2,13,14)/t9-/m1/s1. The molecule has 0 aromatic rings. The molecule has 0 saturated carbocycles. The number of hydrogen-bond acceptors (Lipinski definition) is 5. The number of rotatable bonds is 4. The molecule has 0 spiro atoms. The maximum Gasteiger partial charge on any atom is 0.410 e. The van der Waals surface area contributed by atoms with E-state index < -0.39 is 6.10 Å². The summed E-state index contributed by atoms with van der Waals surface area (Å²) in [5.41, 5.74) is 1.78. The highest BCUT2D eigenvalue weighted by atomic mass is 16.6. The Bertz CT molecular complexity index is 314. The molecule has 0 unspecified atom stereocenters. The first-order chi connectivity index (χ1) is 8.93. The van der Waals surface area contributed by atoms with Crippen LogP contribution in [0, 0.1) is 5.41 Å². The molecule has 0 aromatic carbocycles. The van der Waals surface area contributed by atoms with Crippen molar-refractivity contribution < 1.29 is 19.5 Å². The molecule has 1 fully saturated rings. The van der Waals surface area contributed by atoms with E-state index in [1.165, 1.54) is 0 Å². The number of piperidine rings is 1. The number of hydroxylamine groups is 1. The van der Waals surface area contributed by atoms with Crippen molar-refractivity contribution in [3.8, 4) is 0 Å². The van der Waals surface area contributed by atoms with Crippen molar-refractivity contribution in [1.82, 2.24) is 10.4 Å². The summed E-state index contributed by atoms with van der Waals surface area (Å²) in [5, 5.41) is 16.0. The van der Waals surface area contributed by atoms with Crippen molar-refractivity contribution in [2.75, 3.05) is 13.1 Å². The lowest BCUT2D eigenvalue weighted by Crippen LogP contribution is -2.44. The first-order valence-corrected chi connectivity index (χ1v) is 6.53.